The highest BCUT2D eigenvalue weighted by Crippen LogP contribution is 2.02. The van der Waals surface area contributed by atoms with Crippen molar-refractivity contribution in [3.63, 3.8) is 0 Å². The van der Waals surface area contributed by atoms with Crippen molar-refractivity contribution in [2.75, 3.05) is 12.4 Å². The number of hydrogen-bond acceptors (Lipinski definition) is 2. The van der Waals surface area contributed by atoms with Crippen molar-refractivity contribution >= 4 is 11.7 Å². The lowest BCUT2D eigenvalue weighted by Crippen LogP contribution is -2.27. The van der Waals surface area contributed by atoms with E-state index in [1.807, 2.05) is 6.07 Å². The fourth-order valence-corrected chi connectivity index (χ4v) is 0.712. The zero-order valence-corrected chi connectivity index (χ0v) is 6.63. The number of carbonyl (C=O) groups excluding carboxylic acids is 1. The van der Waals surface area contributed by atoms with E-state index in [1.54, 1.807) is 18.2 Å². The highest BCUT2D eigenvalue weighted by atomic mass is 16.6. The molecule has 0 aliphatic carbocycles. The normalized spacial score (nSPS) is 9.08. The van der Waals surface area contributed by atoms with Gasteiger partial charge in [-0.05, 0) is 6.07 Å². The summed E-state index contributed by atoms with van der Waals surface area (Å²) in [7, 11) is 1.37. The standard InChI is InChI=1S/C8H9N2O2/c1-12-10-8(11)9-7-5-3-2-4-6-7/h2-5H,1H3,(H2,9,10,11). The molecule has 0 saturated carbocycles. The summed E-state index contributed by atoms with van der Waals surface area (Å²) in [4.78, 5) is 15.2. The third kappa shape index (κ3) is 2.59. The first-order valence-corrected chi connectivity index (χ1v) is 3.39. The predicted octanol–water partition coefficient (Wildman–Crippen LogP) is 1.17. The Labute approximate surface area is 70.5 Å². The number of urea groups is 1. The van der Waals surface area contributed by atoms with Gasteiger partial charge in [-0.25, -0.2) is 10.3 Å². The molecule has 1 rings (SSSR count). The van der Waals surface area contributed by atoms with E-state index in [9.17, 15) is 4.79 Å². The largest absolute Gasteiger partial charge is 0.343 e. The molecule has 0 spiro atoms. The van der Waals surface area contributed by atoms with Crippen molar-refractivity contribution in [2.45, 2.75) is 0 Å². The lowest BCUT2D eigenvalue weighted by Gasteiger charge is -2.03. The molecule has 1 aromatic rings. The van der Waals surface area contributed by atoms with E-state index >= 15 is 0 Å². The van der Waals surface area contributed by atoms with Crippen molar-refractivity contribution in [3.8, 4) is 0 Å². The Morgan fingerprint density at radius 1 is 1.58 bits per heavy atom. The Kier molecular flexibility index (Phi) is 3.10. The number of para-hydroxylation sites is 1. The molecular weight excluding hydrogens is 156 g/mol. The molecule has 0 aliphatic rings. The number of nitrogens with one attached hydrogen (secondary N) is 2. The summed E-state index contributed by atoms with van der Waals surface area (Å²) in [6.07, 6.45) is 0. The van der Waals surface area contributed by atoms with Crippen LogP contribution >= 0.6 is 0 Å². The Balaban J connectivity index is 2.47. The third-order valence-corrected chi connectivity index (χ3v) is 1.15. The lowest BCUT2D eigenvalue weighted by atomic mass is 10.3. The smallest absolute Gasteiger partial charge is 0.306 e. The van der Waals surface area contributed by atoms with Crippen LogP contribution in [-0.2, 0) is 4.84 Å². The van der Waals surface area contributed by atoms with Gasteiger partial charge in [-0.15, -0.1) is 0 Å². The maximum Gasteiger partial charge on any atom is 0.343 e. The average Bonchev–Trinajstić information content (AvgIpc) is 2.06. The molecule has 0 saturated heterocycles. The van der Waals surface area contributed by atoms with Crippen LogP contribution in [0.2, 0.25) is 0 Å². The van der Waals surface area contributed by atoms with Gasteiger partial charge in [0.2, 0.25) is 0 Å². The van der Waals surface area contributed by atoms with E-state index in [4.69, 9.17) is 0 Å². The van der Waals surface area contributed by atoms with E-state index in [0.29, 0.717) is 5.69 Å². The van der Waals surface area contributed by atoms with E-state index < -0.39 is 6.03 Å². The number of anilines is 1. The van der Waals surface area contributed by atoms with Crippen LogP contribution in [-0.4, -0.2) is 13.1 Å². The van der Waals surface area contributed by atoms with Gasteiger partial charge in [-0.1, -0.05) is 18.2 Å². The number of hydrogen-bond donors (Lipinski definition) is 2. The van der Waals surface area contributed by atoms with Crippen LogP contribution in [0.5, 0.6) is 0 Å². The van der Waals surface area contributed by atoms with Crippen LogP contribution in [0.15, 0.2) is 24.3 Å². The van der Waals surface area contributed by atoms with Crippen LogP contribution in [0.4, 0.5) is 10.5 Å². The molecule has 0 aliphatic heterocycles. The average molecular weight is 165 g/mol. The minimum absolute atomic E-state index is 0.417. The van der Waals surface area contributed by atoms with Gasteiger partial charge < -0.3 is 5.32 Å². The van der Waals surface area contributed by atoms with Crippen molar-refractivity contribution in [2.24, 2.45) is 0 Å². The zero-order valence-electron chi connectivity index (χ0n) is 6.63. The molecule has 63 valence electrons. The monoisotopic (exact) mass is 165 g/mol. The van der Waals surface area contributed by atoms with Gasteiger partial charge in [-0.3, -0.25) is 4.84 Å². The van der Waals surface area contributed by atoms with Crippen molar-refractivity contribution < 1.29 is 9.63 Å². The van der Waals surface area contributed by atoms with Gasteiger partial charge in [-0.2, -0.15) is 0 Å². The second kappa shape index (κ2) is 4.35. The minimum Gasteiger partial charge on any atom is -0.306 e. The molecule has 2 N–H and O–H groups in total. The molecule has 4 nitrogen and oxygen atoms in total. The summed E-state index contributed by atoms with van der Waals surface area (Å²) in [5, 5.41) is 2.51. The van der Waals surface area contributed by atoms with Gasteiger partial charge in [0.1, 0.15) is 0 Å². The highest BCUT2D eigenvalue weighted by Gasteiger charge is 1.97. The third-order valence-electron chi connectivity index (χ3n) is 1.15. The maximum absolute atomic E-state index is 10.8. The van der Waals surface area contributed by atoms with E-state index in [2.05, 4.69) is 21.7 Å². The lowest BCUT2D eigenvalue weighted by molar-refractivity contribution is 0.114. The molecule has 0 atom stereocenters. The second-order valence-corrected chi connectivity index (χ2v) is 2.04. The number of rotatable bonds is 2. The van der Waals surface area contributed by atoms with E-state index in [1.165, 1.54) is 7.11 Å². The van der Waals surface area contributed by atoms with Crippen LogP contribution in [0.3, 0.4) is 0 Å². The van der Waals surface area contributed by atoms with Gasteiger partial charge in [0.25, 0.3) is 0 Å². The van der Waals surface area contributed by atoms with Crippen molar-refractivity contribution in [3.05, 3.63) is 30.3 Å². The Morgan fingerprint density at radius 2 is 2.42 bits per heavy atom. The molecule has 0 unspecified atom stereocenters. The Bertz CT molecular complexity index is 248. The first-order chi connectivity index (χ1) is 5.83. The molecule has 0 aromatic heterocycles. The topological polar surface area (TPSA) is 50.4 Å². The summed E-state index contributed by atoms with van der Waals surface area (Å²) in [6.45, 7) is 0. The van der Waals surface area contributed by atoms with Crippen LogP contribution in [0.25, 0.3) is 0 Å². The molecule has 1 radical (unpaired) electrons. The molecule has 2 amide bonds. The quantitative estimate of drug-likeness (QED) is 0.646. The number of amides is 2. The molecule has 4 heteroatoms. The molecule has 1 aromatic carbocycles. The molecule has 0 heterocycles. The van der Waals surface area contributed by atoms with Crippen LogP contribution < -0.4 is 10.8 Å². The highest BCUT2D eigenvalue weighted by molar-refractivity contribution is 5.88. The van der Waals surface area contributed by atoms with Crippen LogP contribution in [0.1, 0.15) is 0 Å². The summed E-state index contributed by atoms with van der Waals surface area (Å²) >= 11 is 0. The first-order valence-electron chi connectivity index (χ1n) is 3.39. The molecule has 0 fully saturated rings. The Hall–Kier alpha value is -1.55. The summed E-state index contributed by atoms with van der Waals surface area (Å²) in [6, 6.07) is 9.48. The van der Waals surface area contributed by atoms with Gasteiger partial charge in [0.05, 0.1) is 12.8 Å². The van der Waals surface area contributed by atoms with Gasteiger partial charge in [0, 0.05) is 6.07 Å². The number of carbonyl (C=O) groups is 1. The Morgan fingerprint density at radius 3 is 3.00 bits per heavy atom. The minimum atomic E-state index is -0.417. The van der Waals surface area contributed by atoms with Crippen LogP contribution in [0, 0.1) is 6.07 Å². The fourth-order valence-electron chi connectivity index (χ4n) is 0.712. The van der Waals surface area contributed by atoms with E-state index in [0.717, 1.165) is 0 Å². The SMILES string of the molecule is CONC(=O)Nc1[c]cccc1. The van der Waals surface area contributed by atoms with Gasteiger partial charge >= 0.3 is 6.03 Å². The predicted molar refractivity (Wildman–Crippen MR) is 44.4 cm³/mol. The summed E-state index contributed by atoms with van der Waals surface area (Å²) < 4.78 is 0. The molecule has 0 bridgehead atoms. The fraction of sp³-hybridized carbons (Fsp3) is 0.125. The molecule has 12 heavy (non-hydrogen) atoms. The summed E-state index contributed by atoms with van der Waals surface area (Å²) in [5.41, 5.74) is 2.73. The number of benzene rings is 1. The first kappa shape index (κ1) is 8.55. The second-order valence-electron chi connectivity index (χ2n) is 2.04. The zero-order chi connectivity index (χ0) is 8.81. The van der Waals surface area contributed by atoms with E-state index in [-0.39, 0.29) is 0 Å². The van der Waals surface area contributed by atoms with Crippen molar-refractivity contribution in [1.29, 1.82) is 0 Å². The number of hydroxylamine groups is 1. The van der Waals surface area contributed by atoms with Gasteiger partial charge in [0.15, 0.2) is 0 Å². The molecular formula is C8H9N2O2. The summed E-state index contributed by atoms with van der Waals surface area (Å²) in [5.74, 6) is 0. The van der Waals surface area contributed by atoms with Crippen molar-refractivity contribution in [1.82, 2.24) is 5.48 Å². The maximum atomic E-state index is 10.8.